The highest BCUT2D eigenvalue weighted by Gasteiger charge is 2.32. The summed E-state index contributed by atoms with van der Waals surface area (Å²) in [6.07, 6.45) is 2.62. The van der Waals surface area contributed by atoms with Gasteiger partial charge in [-0.05, 0) is 50.1 Å². The van der Waals surface area contributed by atoms with Crippen LogP contribution in [0.2, 0.25) is 0 Å². The number of fused-ring (bicyclic) bond motifs is 1. The third-order valence-electron chi connectivity index (χ3n) is 6.15. The van der Waals surface area contributed by atoms with E-state index in [9.17, 15) is 9.59 Å². The molecule has 2 aliphatic rings. The van der Waals surface area contributed by atoms with Crippen LogP contribution in [0, 0.1) is 0 Å². The Bertz CT molecular complexity index is 994. The second kappa shape index (κ2) is 9.52. The molecular formula is C23H30N6O3. The third kappa shape index (κ3) is 4.67. The van der Waals surface area contributed by atoms with Crippen molar-refractivity contribution in [2.75, 3.05) is 44.4 Å². The summed E-state index contributed by atoms with van der Waals surface area (Å²) < 4.78 is 5.16. The molecule has 2 N–H and O–H groups in total. The fourth-order valence-electron chi connectivity index (χ4n) is 4.44. The van der Waals surface area contributed by atoms with Gasteiger partial charge in [-0.3, -0.25) is 14.5 Å². The number of anilines is 2. The molecule has 0 spiro atoms. The fourth-order valence-corrected chi connectivity index (χ4v) is 4.44. The maximum absolute atomic E-state index is 12.7. The van der Waals surface area contributed by atoms with E-state index >= 15 is 0 Å². The minimum atomic E-state index is -0.0726. The van der Waals surface area contributed by atoms with Crippen molar-refractivity contribution in [3.8, 4) is 5.75 Å². The second-order valence-corrected chi connectivity index (χ2v) is 8.20. The number of amides is 2. The van der Waals surface area contributed by atoms with E-state index in [0.29, 0.717) is 18.9 Å². The van der Waals surface area contributed by atoms with Crippen molar-refractivity contribution in [1.82, 2.24) is 19.8 Å². The molecule has 32 heavy (non-hydrogen) atoms. The van der Waals surface area contributed by atoms with Crippen LogP contribution in [-0.4, -0.2) is 65.4 Å². The highest BCUT2D eigenvalue weighted by Crippen LogP contribution is 2.33. The summed E-state index contributed by atoms with van der Waals surface area (Å²) in [5, 5.41) is 6.15. The van der Waals surface area contributed by atoms with E-state index in [0.717, 1.165) is 54.3 Å². The molecule has 1 aromatic carbocycles. The van der Waals surface area contributed by atoms with Crippen LogP contribution in [0.5, 0.6) is 5.75 Å². The van der Waals surface area contributed by atoms with Gasteiger partial charge in [0.05, 0.1) is 31.9 Å². The summed E-state index contributed by atoms with van der Waals surface area (Å²) >= 11 is 0. The van der Waals surface area contributed by atoms with Crippen LogP contribution in [0.4, 0.5) is 11.5 Å². The van der Waals surface area contributed by atoms with Crippen molar-refractivity contribution in [2.45, 2.75) is 38.8 Å². The first-order valence-corrected chi connectivity index (χ1v) is 11.0. The molecule has 2 aromatic rings. The number of carbonyl (C=O) groups excluding carboxylic acids is 2. The highest BCUT2D eigenvalue weighted by molar-refractivity contribution is 5.92. The number of hydrogen-bond acceptors (Lipinski definition) is 7. The van der Waals surface area contributed by atoms with Crippen molar-refractivity contribution in [1.29, 1.82) is 0 Å². The molecule has 1 saturated heterocycles. The van der Waals surface area contributed by atoms with E-state index in [4.69, 9.17) is 14.7 Å². The third-order valence-corrected chi connectivity index (χ3v) is 6.15. The average molecular weight is 439 g/mol. The molecule has 4 rings (SSSR count). The lowest BCUT2D eigenvalue weighted by molar-refractivity contribution is -0.129. The molecule has 1 fully saturated rings. The highest BCUT2D eigenvalue weighted by atomic mass is 16.5. The van der Waals surface area contributed by atoms with E-state index in [2.05, 4.69) is 15.5 Å². The number of methoxy groups -OCH3 is 1. The Morgan fingerprint density at radius 1 is 1.19 bits per heavy atom. The Kier molecular flexibility index (Phi) is 6.55. The number of benzene rings is 1. The quantitative estimate of drug-likeness (QED) is 0.713. The molecule has 0 aliphatic carbocycles. The standard InChI is InChI=1S/C23H30N6O3/c1-15(30)28-12-10-18-19(13-28)26-23(27-22(18)24-2)20-5-4-11-29(20)14-21(31)25-16-6-8-17(32-3)9-7-16/h6-9,20H,4-5,10-14H2,1-3H3,(H,25,31)(H,24,26,27)/t20-/m0/s1. The zero-order valence-corrected chi connectivity index (χ0v) is 18.9. The maximum atomic E-state index is 12.7. The van der Waals surface area contributed by atoms with Crippen molar-refractivity contribution < 1.29 is 14.3 Å². The monoisotopic (exact) mass is 438 g/mol. The first kappa shape index (κ1) is 22.0. The van der Waals surface area contributed by atoms with Crippen LogP contribution < -0.4 is 15.4 Å². The van der Waals surface area contributed by atoms with Crippen LogP contribution in [0.3, 0.4) is 0 Å². The molecule has 0 unspecified atom stereocenters. The number of likely N-dealkylation sites (tertiary alicyclic amines) is 1. The number of nitrogens with zero attached hydrogens (tertiary/aromatic N) is 4. The van der Waals surface area contributed by atoms with Crippen LogP contribution in [0.25, 0.3) is 0 Å². The molecule has 2 aliphatic heterocycles. The maximum Gasteiger partial charge on any atom is 0.238 e. The van der Waals surface area contributed by atoms with Crippen molar-refractivity contribution in [3.63, 3.8) is 0 Å². The van der Waals surface area contributed by atoms with Crippen molar-refractivity contribution in [3.05, 3.63) is 41.3 Å². The summed E-state index contributed by atoms with van der Waals surface area (Å²) in [5.41, 5.74) is 2.71. The van der Waals surface area contributed by atoms with Crippen molar-refractivity contribution in [2.24, 2.45) is 0 Å². The molecule has 0 bridgehead atoms. The summed E-state index contributed by atoms with van der Waals surface area (Å²) in [4.78, 5) is 38.2. The number of hydrogen-bond donors (Lipinski definition) is 2. The van der Waals surface area contributed by atoms with Crippen LogP contribution in [0.15, 0.2) is 24.3 Å². The van der Waals surface area contributed by atoms with Gasteiger partial charge in [0.15, 0.2) is 0 Å². The van der Waals surface area contributed by atoms with Gasteiger partial charge in [-0.2, -0.15) is 0 Å². The SMILES string of the molecule is CNc1nc([C@@H]2CCCN2CC(=O)Nc2ccc(OC)cc2)nc2c1CCN(C(C)=O)C2. The Balaban J connectivity index is 1.49. The zero-order valence-electron chi connectivity index (χ0n) is 18.9. The van der Waals surface area contributed by atoms with Gasteiger partial charge >= 0.3 is 0 Å². The van der Waals surface area contributed by atoms with Gasteiger partial charge in [0.25, 0.3) is 0 Å². The van der Waals surface area contributed by atoms with Gasteiger partial charge in [-0.25, -0.2) is 9.97 Å². The lowest BCUT2D eigenvalue weighted by Gasteiger charge is -2.30. The van der Waals surface area contributed by atoms with Gasteiger partial charge in [0, 0.05) is 31.8 Å². The predicted molar refractivity (Wildman–Crippen MR) is 122 cm³/mol. The summed E-state index contributed by atoms with van der Waals surface area (Å²) in [5.74, 6) is 2.27. The van der Waals surface area contributed by atoms with Crippen LogP contribution >= 0.6 is 0 Å². The zero-order chi connectivity index (χ0) is 22.7. The normalized spacial score (nSPS) is 18.2. The molecule has 2 amide bonds. The Morgan fingerprint density at radius 2 is 1.97 bits per heavy atom. The molecule has 0 saturated carbocycles. The molecule has 1 aromatic heterocycles. The van der Waals surface area contributed by atoms with Gasteiger partial charge in [-0.15, -0.1) is 0 Å². The number of ether oxygens (including phenoxy) is 1. The lowest BCUT2D eigenvalue weighted by atomic mass is 10.0. The molecular weight excluding hydrogens is 408 g/mol. The molecule has 9 heteroatoms. The van der Waals surface area contributed by atoms with E-state index in [1.54, 1.807) is 14.0 Å². The second-order valence-electron chi connectivity index (χ2n) is 8.20. The number of rotatable bonds is 6. The van der Waals surface area contributed by atoms with E-state index < -0.39 is 0 Å². The van der Waals surface area contributed by atoms with E-state index in [1.807, 2.05) is 36.2 Å². The number of nitrogens with one attached hydrogen (secondary N) is 2. The minimum absolute atomic E-state index is 0.0262. The van der Waals surface area contributed by atoms with Crippen LogP contribution in [0.1, 0.15) is 42.9 Å². The molecule has 9 nitrogen and oxygen atoms in total. The summed E-state index contributed by atoms with van der Waals surface area (Å²) in [6.45, 7) is 3.85. The molecule has 3 heterocycles. The Morgan fingerprint density at radius 3 is 2.66 bits per heavy atom. The van der Waals surface area contributed by atoms with Gasteiger partial charge < -0.3 is 20.3 Å². The lowest BCUT2D eigenvalue weighted by Crippen LogP contribution is -2.37. The first-order valence-electron chi connectivity index (χ1n) is 11.0. The topological polar surface area (TPSA) is 99.7 Å². The Hall–Kier alpha value is -3.20. The number of carbonyl (C=O) groups is 2. The summed E-state index contributed by atoms with van der Waals surface area (Å²) in [7, 11) is 3.47. The smallest absolute Gasteiger partial charge is 0.238 e. The van der Waals surface area contributed by atoms with E-state index in [-0.39, 0.29) is 24.4 Å². The number of aromatic nitrogens is 2. The largest absolute Gasteiger partial charge is 0.497 e. The van der Waals surface area contributed by atoms with Gasteiger partial charge in [-0.1, -0.05) is 0 Å². The predicted octanol–water partition coefficient (Wildman–Crippen LogP) is 2.21. The average Bonchev–Trinajstić information content (AvgIpc) is 3.26. The van der Waals surface area contributed by atoms with Gasteiger partial charge in [0.2, 0.25) is 11.8 Å². The van der Waals surface area contributed by atoms with Crippen LogP contribution in [-0.2, 0) is 22.6 Å². The first-order chi connectivity index (χ1) is 15.5. The molecule has 170 valence electrons. The molecule has 1 atom stereocenters. The fraction of sp³-hybridized carbons (Fsp3) is 0.478. The minimum Gasteiger partial charge on any atom is -0.497 e. The Labute approximate surface area is 188 Å². The summed E-state index contributed by atoms with van der Waals surface area (Å²) in [6, 6.07) is 7.26. The molecule has 0 radical (unpaired) electrons. The van der Waals surface area contributed by atoms with Gasteiger partial charge in [0.1, 0.15) is 17.4 Å². The van der Waals surface area contributed by atoms with Crippen molar-refractivity contribution >= 4 is 23.3 Å². The van der Waals surface area contributed by atoms with E-state index in [1.165, 1.54) is 0 Å².